The molecule has 0 amide bonds. The van der Waals surface area contributed by atoms with Crippen LogP contribution in [0.2, 0.25) is 0 Å². The van der Waals surface area contributed by atoms with E-state index < -0.39 is 40.7 Å². The third-order valence-corrected chi connectivity index (χ3v) is 5.97. The van der Waals surface area contributed by atoms with E-state index in [4.69, 9.17) is 0 Å². The number of hydrogen-bond acceptors (Lipinski definition) is 1. The van der Waals surface area contributed by atoms with Crippen molar-refractivity contribution in [3.8, 4) is 16.9 Å². The summed E-state index contributed by atoms with van der Waals surface area (Å²) >= 11 is 0. The highest BCUT2D eigenvalue weighted by Crippen LogP contribution is 2.38. The second-order valence-corrected chi connectivity index (χ2v) is 8.11. The molecular weight excluding hydrogens is 430 g/mol. The molecule has 0 aliphatic heterocycles. The molecule has 168 valence electrons. The van der Waals surface area contributed by atoms with Gasteiger partial charge in [0, 0.05) is 17.7 Å². The molecule has 1 atom stereocenters. The largest absolute Gasteiger partial charge is 0.432 e. The van der Waals surface area contributed by atoms with Crippen molar-refractivity contribution in [1.29, 1.82) is 0 Å². The van der Waals surface area contributed by atoms with Crippen LogP contribution in [0.25, 0.3) is 11.1 Å². The molecule has 7 heteroatoms. The minimum Gasteiger partial charge on any atom is -0.429 e. The molecule has 32 heavy (non-hydrogen) atoms. The van der Waals surface area contributed by atoms with Gasteiger partial charge in [-0.25, -0.2) is 17.6 Å². The molecule has 0 heterocycles. The molecule has 0 saturated heterocycles. The standard InChI is InChI=1S/C25H20F6O/c1-3-14-6-15-4-5-16(8-17(15)7-14)18-9-22(28)24(23(29)10-18)25(30,31)32-19-11-20(26)13(2)21(27)12-19/h4-5,8-12,14H,3,6-7H2,1-2H3. The Morgan fingerprint density at radius 1 is 0.812 bits per heavy atom. The number of ether oxygens (including phenoxy) is 1. The van der Waals surface area contributed by atoms with Crippen molar-refractivity contribution in [2.24, 2.45) is 5.92 Å². The van der Waals surface area contributed by atoms with Crippen LogP contribution in [-0.2, 0) is 19.0 Å². The van der Waals surface area contributed by atoms with E-state index in [1.165, 1.54) is 5.56 Å². The number of hydrogen-bond donors (Lipinski definition) is 0. The van der Waals surface area contributed by atoms with Crippen LogP contribution in [0.4, 0.5) is 26.3 Å². The first-order valence-corrected chi connectivity index (χ1v) is 10.2. The summed E-state index contributed by atoms with van der Waals surface area (Å²) in [5, 5.41) is 0. The van der Waals surface area contributed by atoms with Crippen molar-refractivity contribution >= 4 is 0 Å². The lowest BCUT2D eigenvalue weighted by molar-refractivity contribution is -0.189. The summed E-state index contributed by atoms with van der Waals surface area (Å²) < 4.78 is 90.1. The summed E-state index contributed by atoms with van der Waals surface area (Å²) in [4.78, 5) is 0. The number of alkyl halides is 2. The second-order valence-electron chi connectivity index (χ2n) is 8.11. The van der Waals surface area contributed by atoms with Crippen LogP contribution in [-0.4, -0.2) is 0 Å². The van der Waals surface area contributed by atoms with E-state index in [1.54, 1.807) is 6.07 Å². The first kappa shape index (κ1) is 22.2. The van der Waals surface area contributed by atoms with Gasteiger partial charge in [-0.15, -0.1) is 0 Å². The molecule has 4 rings (SSSR count). The van der Waals surface area contributed by atoms with Gasteiger partial charge in [0.05, 0.1) is 0 Å². The minimum atomic E-state index is -4.49. The summed E-state index contributed by atoms with van der Waals surface area (Å²) in [7, 11) is 0. The molecular formula is C25H20F6O. The normalized spacial score (nSPS) is 15.7. The highest BCUT2D eigenvalue weighted by Gasteiger charge is 2.41. The number of benzene rings is 3. The van der Waals surface area contributed by atoms with Crippen molar-refractivity contribution < 1.29 is 31.1 Å². The fraction of sp³-hybridized carbons (Fsp3) is 0.280. The van der Waals surface area contributed by atoms with Gasteiger partial charge in [-0.1, -0.05) is 31.5 Å². The first-order valence-electron chi connectivity index (χ1n) is 10.2. The Kier molecular flexibility index (Phi) is 5.69. The molecule has 1 unspecified atom stereocenters. The van der Waals surface area contributed by atoms with Crippen molar-refractivity contribution in [3.05, 3.63) is 88.0 Å². The number of rotatable bonds is 5. The monoisotopic (exact) mass is 450 g/mol. The van der Waals surface area contributed by atoms with Gasteiger partial charge in [0.1, 0.15) is 34.6 Å². The Balaban J connectivity index is 1.66. The Labute approximate surface area is 181 Å². The Morgan fingerprint density at radius 2 is 1.41 bits per heavy atom. The molecule has 0 saturated carbocycles. The zero-order valence-electron chi connectivity index (χ0n) is 17.4. The topological polar surface area (TPSA) is 9.23 Å². The maximum absolute atomic E-state index is 14.7. The fourth-order valence-electron chi connectivity index (χ4n) is 4.08. The van der Waals surface area contributed by atoms with Gasteiger partial charge >= 0.3 is 6.11 Å². The molecule has 1 aliphatic rings. The van der Waals surface area contributed by atoms with E-state index >= 15 is 0 Å². The average Bonchev–Trinajstić information content (AvgIpc) is 3.13. The molecule has 0 N–H and O–H groups in total. The van der Waals surface area contributed by atoms with Gasteiger partial charge in [-0.2, -0.15) is 8.78 Å². The van der Waals surface area contributed by atoms with Crippen LogP contribution in [0, 0.1) is 36.1 Å². The van der Waals surface area contributed by atoms with E-state index in [0.717, 1.165) is 43.9 Å². The molecule has 0 aromatic heterocycles. The van der Waals surface area contributed by atoms with Crippen molar-refractivity contribution in [1.82, 2.24) is 0 Å². The summed E-state index contributed by atoms with van der Waals surface area (Å²) in [6.45, 7) is 3.22. The quantitative estimate of drug-likeness (QED) is 0.367. The maximum atomic E-state index is 14.7. The molecule has 1 nitrogen and oxygen atoms in total. The predicted molar refractivity (Wildman–Crippen MR) is 109 cm³/mol. The second kappa shape index (κ2) is 8.19. The zero-order chi connectivity index (χ0) is 23.2. The van der Waals surface area contributed by atoms with E-state index in [-0.39, 0.29) is 11.1 Å². The summed E-state index contributed by atoms with van der Waals surface area (Å²) in [5.74, 6) is -5.65. The van der Waals surface area contributed by atoms with Crippen LogP contribution >= 0.6 is 0 Å². The van der Waals surface area contributed by atoms with Crippen LogP contribution in [0.15, 0.2) is 42.5 Å². The van der Waals surface area contributed by atoms with Crippen molar-refractivity contribution in [2.45, 2.75) is 39.2 Å². The fourth-order valence-corrected chi connectivity index (χ4v) is 4.08. The van der Waals surface area contributed by atoms with E-state index in [2.05, 4.69) is 11.7 Å². The number of fused-ring (bicyclic) bond motifs is 1. The van der Waals surface area contributed by atoms with Gasteiger partial charge in [-0.05, 0) is 60.1 Å². The van der Waals surface area contributed by atoms with Gasteiger partial charge in [0.25, 0.3) is 0 Å². The van der Waals surface area contributed by atoms with Gasteiger partial charge in [-0.3, -0.25) is 0 Å². The van der Waals surface area contributed by atoms with Crippen LogP contribution in [0.5, 0.6) is 5.75 Å². The minimum absolute atomic E-state index is 0.106. The Bertz CT molecular complexity index is 1140. The van der Waals surface area contributed by atoms with E-state index in [0.29, 0.717) is 23.6 Å². The van der Waals surface area contributed by atoms with Crippen molar-refractivity contribution in [3.63, 3.8) is 0 Å². The molecule has 1 aliphatic carbocycles. The molecule has 0 bridgehead atoms. The maximum Gasteiger partial charge on any atom is 0.432 e. The summed E-state index contributed by atoms with van der Waals surface area (Å²) in [5.41, 5.74) is 0.857. The van der Waals surface area contributed by atoms with Crippen LogP contribution in [0.3, 0.4) is 0 Å². The van der Waals surface area contributed by atoms with Gasteiger partial charge in [0.15, 0.2) is 0 Å². The molecule has 3 aromatic carbocycles. The van der Waals surface area contributed by atoms with Gasteiger partial charge in [0.2, 0.25) is 0 Å². The number of halogens is 6. The molecule has 0 fully saturated rings. The third kappa shape index (κ3) is 4.08. The highest BCUT2D eigenvalue weighted by atomic mass is 19.3. The Morgan fingerprint density at radius 3 is 2.00 bits per heavy atom. The third-order valence-electron chi connectivity index (χ3n) is 5.97. The molecule has 0 radical (unpaired) electrons. The lowest BCUT2D eigenvalue weighted by Gasteiger charge is -2.20. The Hall–Kier alpha value is -2.96. The summed E-state index contributed by atoms with van der Waals surface area (Å²) in [6.07, 6.45) is -1.67. The highest BCUT2D eigenvalue weighted by molar-refractivity contribution is 5.66. The van der Waals surface area contributed by atoms with E-state index in [1.807, 2.05) is 12.1 Å². The molecule has 0 spiro atoms. The first-order chi connectivity index (χ1) is 15.1. The average molecular weight is 450 g/mol. The molecule has 3 aromatic rings. The smallest absolute Gasteiger partial charge is 0.429 e. The summed E-state index contributed by atoms with van der Waals surface area (Å²) in [6, 6.07) is 8.10. The lowest BCUT2D eigenvalue weighted by atomic mass is 9.98. The van der Waals surface area contributed by atoms with Crippen LogP contribution in [0.1, 0.15) is 35.6 Å². The SMILES string of the molecule is CCC1Cc2ccc(-c3cc(F)c(C(F)(F)Oc4cc(F)c(C)c(F)c4)c(F)c3)cc2C1. The van der Waals surface area contributed by atoms with Crippen molar-refractivity contribution in [2.75, 3.05) is 0 Å². The lowest BCUT2D eigenvalue weighted by Crippen LogP contribution is -2.25. The predicted octanol–water partition coefficient (Wildman–Crippen LogP) is 7.47. The van der Waals surface area contributed by atoms with Crippen LogP contribution < -0.4 is 4.74 Å². The van der Waals surface area contributed by atoms with Gasteiger partial charge < -0.3 is 4.74 Å². The zero-order valence-corrected chi connectivity index (χ0v) is 17.4. The van der Waals surface area contributed by atoms with E-state index in [9.17, 15) is 26.3 Å².